The number of hydrogen-bond donors (Lipinski definition) is 1. The Morgan fingerprint density at radius 2 is 1.92 bits per heavy atom. The summed E-state index contributed by atoms with van der Waals surface area (Å²) in [4.78, 5) is 27.1. The van der Waals surface area contributed by atoms with E-state index in [4.69, 9.17) is 15.2 Å². The van der Waals surface area contributed by atoms with Crippen LogP contribution < -0.4 is 15.4 Å². The summed E-state index contributed by atoms with van der Waals surface area (Å²) in [6.07, 6.45) is 0.541. The van der Waals surface area contributed by atoms with Gasteiger partial charge in [0.2, 0.25) is 5.91 Å². The van der Waals surface area contributed by atoms with Crippen LogP contribution in [0.1, 0.15) is 5.56 Å². The molecule has 0 spiro atoms. The van der Waals surface area contributed by atoms with Crippen molar-refractivity contribution in [3.05, 3.63) is 48.0 Å². The largest absolute Gasteiger partial charge is 0.497 e. The highest BCUT2D eigenvalue weighted by Crippen LogP contribution is 2.41. The summed E-state index contributed by atoms with van der Waals surface area (Å²) in [5.74, 6) is 0.187. The van der Waals surface area contributed by atoms with E-state index in [-0.39, 0.29) is 17.7 Å². The van der Waals surface area contributed by atoms with Crippen LogP contribution in [0.25, 0.3) is 0 Å². The van der Waals surface area contributed by atoms with Crippen LogP contribution in [0.5, 0.6) is 5.75 Å². The number of benzene rings is 2. The van der Waals surface area contributed by atoms with E-state index in [9.17, 15) is 9.59 Å². The molecule has 2 N–H and O–H groups in total. The molecule has 7 heteroatoms. The van der Waals surface area contributed by atoms with Crippen LogP contribution in [0, 0.1) is 0 Å². The smallest absolute Gasteiger partial charge is 0.325 e. The molecule has 1 atom stereocenters. The van der Waals surface area contributed by atoms with E-state index in [0.29, 0.717) is 17.8 Å². The number of nitrogens with two attached hydrogens (primary N) is 1. The van der Waals surface area contributed by atoms with Crippen molar-refractivity contribution >= 4 is 35.0 Å². The molecule has 0 saturated carbocycles. The van der Waals surface area contributed by atoms with Gasteiger partial charge in [0.15, 0.2) is 0 Å². The predicted octanol–water partition coefficient (Wildman–Crippen LogP) is 2.50. The second-order valence-electron chi connectivity index (χ2n) is 5.89. The molecule has 0 fully saturated rings. The van der Waals surface area contributed by atoms with Crippen molar-refractivity contribution in [2.24, 2.45) is 0 Å². The molecule has 2 aromatic carbocycles. The van der Waals surface area contributed by atoms with Gasteiger partial charge in [0.25, 0.3) is 0 Å². The van der Waals surface area contributed by atoms with Gasteiger partial charge < -0.3 is 15.2 Å². The number of amides is 1. The fourth-order valence-corrected chi connectivity index (χ4v) is 4.12. The number of carbonyl (C=O) groups is 2. The lowest BCUT2D eigenvalue weighted by atomic mass is 10.1. The molecule has 1 amide bonds. The number of rotatable bonds is 5. The van der Waals surface area contributed by atoms with Crippen LogP contribution >= 0.6 is 11.8 Å². The number of ether oxygens (including phenoxy) is 2. The fourth-order valence-electron chi connectivity index (χ4n) is 2.81. The standard InChI is InChI=1S/C19H20N2O4S/c1-24-14-6-3-12(4-7-14)9-17-19(23)21(11-18(22)25-2)15-8-5-13(20)10-16(15)26-17/h3-8,10,17H,9,11,20H2,1-2H3. The topological polar surface area (TPSA) is 81.9 Å². The zero-order valence-corrected chi connectivity index (χ0v) is 15.4. The Bertz CT molecular complexity index is 823. The van der Waals surface area contributed by atoms with Gasteiger partial charge in [-0.3, -0.25) is 14.5 Å². The molecule has 0 aliphatic carbocycles. The van der Waals surface area contributed by atoms with E-state index in [2.05, 4.69) is 0 Å². The number of esters is 1. The summed E-state index contributed by atoms with van der Waals surface area (Å²) in [6.45, 7) is -0.119. The Labute approximate surface area is 156 Å². The van der Waals surface area contributed by atoms with Gasteiger partial charge >= 0.3 is 5.97 Å². The van der Waals surface area contributed by atoms with Crippen molar-refractivity contribution in [3.8, 4) is 5.75 Å². The molecule has 0 aromatic heterocycles. The van der Waals surface area contributed by atoms with Crippen molar-refractivity contribution in [2.45, 2.75) is 16.6 Å². The molecular formula is C19H20N2O4S. The minimum absolute atomic E-state index is 0.117. The van der Waals surface area contributed by atoms with Crippen molar-refractivity contribution < 1.29 is 19.1 Å². The number of hydrogen-bond acceptors (Lipinski definition) is 6. The SMILES string of the molecule is COC(=O)CN1C(=O)C(Cc2ccc(OC)cc2)Sc2cc(N)ccc21. The first-order valence-electron chi connectivity index (χ1n) is 8.09. The van der Waals surface area contributed by atoms with Crippen LogP contribution in [-0.4, -0.2) is 37.9 Å². The van der Waals surface area contributed by atoms with E-state index in [1.807, 2.05) is 30.3 Å². The van der Waals surface area contributed by atoms with Crippen molar-refractivity contribution in [2.75, 3.05) is 31.4 Å². The normalized spacial score (nSPS) is 16.2. The van der Waals surface area contributed by atoms with Gasteiger partial charge in [-0.05, 0) is 42.3 Å². The molecule has 2 aromatic rings. The van der Waals surface area contributed by atoms with Crippen molar-refractivity contribution in [3.63, 3.8) is 0 Å². The second-order valence-corrected chi connectivity index (χ2v) is 7.13. The minimum atomic E-state index is -0.462. The second kappa shape index (κ2) is 7.70. The van der Waals surface area contributed by atoms with Gasteiger partial charge in [0, 0.05) is 10.6 Å². The quantitative estimate of drug-likeness (QED) is 0.641. The lowest BCUT2D eigenvalue weighted by molar-refractivity contribution is -0.140. The monoisotopic (exact) mass is 372 g/mol. The summed E-state index contributed by atoms with van der Waals surface area (Å²) < 4.78 is 9.91. The van der Waals surface area contributed by atoms with Crippen LogP contribution in [0.15, 0.2) is 47.4 Å². The Balaban J connectivity index is 1.89. The molecule has 0 bridgehead atoms. The maximum Gasteiger partial charge on any atom is 0.325 e. The molecule has 3 rings (SSSR count). The summed E-state index contributed by atoms with van der Waals surface area (Å²) in [5, 5.41) is -0.345. The number of methoxy groups -OCH3 is 2. The lowest BCUT2D eigenvalue weighted by Crippen LogP contribution is -2.44. The highest BCUT2D eigenvalue weighted by atomic mass is 32.2. The lowest BCUT2D eigenvalue weighted by Gasteiger charge is -2.33. The van der Waals surface area contributed by atoms with Crippen molar-refractivity contribution in [1.82, 2.24) is 0 Å². The number of fused-ring (bicyclic) bond motifs is 1. The Morgan fingerprint density at radius 1 is 1.19 bits per heavy atom. The summed E-state index contributed by atoms with van der Waals surface area (Å²) in [7, 11) is 2.92. The molecule has 1 aliphatic rings. The zero-order chi connectivity index (χ0) is 18.7. The summed E-state index contributed by atoms with van der Waals surface area (Å²) in [5.41, 5.74) is 8.22. The van der Waals surface area contributed by atoms with E-state index >= 15 is 0 Å². The van der Waals surface area contributed by atoms with Gasteiger partial charge in [0.1, 0.15) is 12.3 Å². The number of anilines is 2. The first-order chi connectivity index (χ1) is 12.5. The predicted molar refractivity (Wildman–Crippen MR) is 102 cm³/mol. The zero-order valence-electron chi connectivity index (χ0n) is 14.6. The summed E-state index contributed by atoms with van der Waals surface area (Å²) in [6, 6.07) is 12.9. The highest BCUT2D eigenvalue weighted by Gasteiger charge is 2.35. The Morgan fingerprint density at radius 3 is 2.58 bits per heavy atom. The van der Waals surface area contributed by atoms with Gasteiger partial charge in [-0.25, -0.2) is 0 Å². The summed E-state index contributed by atoms with van der Waals surface area (Å²) >= 11 is 1.47. The van der Waals surface area contributed by atoms with E-state index in [1.54, 1.807) is 19.2 Å². The third-order valence-corrected chi connectivity index (χ3v) is 5.41. The average molecular weight is 372 g/mol. The van der Waals surface area contributed by atoms with Gasteiger partial charge in [0.05, 0.1) is 25.2 Å². The number of nitrogens with zero attached hydrogens (tertiary/aromatic N) is 1. The molecule has 0 radical (unpaired) electrons. The molecule has 1 unspecified atom stereocenters. The van der Waals surface area contributed by atoms with E-state index < -0.39 is 5.97 Å². The first-order valence-corrected chi connectivity index (χ1v) is 8.97. The first kappa shape index (κ1) is 18.1. The van der Waals surface area contributed by atoms with Crippen LogP contribution in [0.3, 0.4) is 0 Å². The average Bonchev–Trinajstić information content (AvgIpc) is 2.65. The van der Waals surface area contributed by atoms with Gasteiger partial charge in [-0.1, -0.05) is 12.1 Å². The van der Waals surface area contributed by atoms with Crippen LogP contribution in [0.4, 0.5) is 11.4 Å². The third kappa shape index (κ3) is 3.77. The molecule has 0 saturated heterocycles. The third-order valence-electron chi connectivity index (χ3n) is 4.18. The number of carbonyl (C=O) groups excluding carboxylic acids is 2. The van der Waals surface area contributed by atoms with Crippen molar-refractivity contribution in [1.29, 1.82) is 0 Å². The molecule has 26 heavy (non-hydrogen) atoms. The maximum atomic E-state index is 13.0. The molecule has 136 valence electrons. The van der Waals surface area contributed by atoms with E-state index in [1.165, 1.54) is 23.8 Å². The van der Waals surface area contributed by atoms with Crippen LogP contribution in [0.2, 0.25) is 0 Å². The van der Waals surface area contributed by atoms with Gasteiger partial charge in [-0.15, -0.1) is 11.8 Å². The molecule has 1 aliphatic heterocycles. The van der Waals surface area contributed by atoms with Gasteiger partial charge in [-0.2, -0.15) is 0 Å². The number of thioether (sulfide) groups is 1. The molecule has 6 nitrogen and oxygen atoms in total. The maximum absolute atomic E-state index is 13.0. The molecular weight excluding hydrogens is 352 g/mol. The highest BCUT2D eigenvalue weighted by molar-refractivity contribution is 8.01. The van der Waals surface area contributed by atoms with Crippen LogP contribution in [-0.2, 0) is 20.7 Å². The molecule has 1 heterocycles. The Hall–Kier alpha value is -2.67. The Kier molecular flexibility index (Phi) is 5.37. The minimum Gasteiger partial charge on any atom is -0.497 e. The fraction of sp³-hybridized carbons (Fsp3) is 0.263. The number of nitrogen functional groups attached to an aromatic ring is 1. The van der Waals surface area contributed by atoms with E-state index in [0.717, 1.165) is 16.2 Å².